The number of aromatic nitrogens is 2. The molecule has 1 amide bonds. The molecule has 0 radical (unpaired) electrons. The van der Waals surface area contributed by atoms with Crippen molar-refractivity contribution in [3.05, 3.63) is 53.0 Å². The Kier molecular flexibility index (Phi) is 4.38. The Bertz CT molecular complexity index is 831. The average molecular weight is 374 g/mol. The van der Waals surface area contributed by atoms with E-state index < -0.39 is 5.91 Å². The standard InChI is InChI=1S/C16H12BrN3O3/c17-13-4-2-1-3-12(13)16-19-15(20-23-16)10-5-7-11(8-6-10)22-9-14(18)21/h1-8H,9H2,(H2,18,21). The van der Waals surface area contributed by atoms with Crippen molar-refractivity contribution in [1.29, 1.82) is 0 Å². The maximum Gasteiger partial charge on any atom is 0.259 e. The Balaban J connectivity index is 1.80. The fourth-order valence-corrected chi connectivity index (χ4v) is 2.39. The molecule has 0 atom stereocenters. The molecule has 1 heterocycles. The zero-order valence-electron chi connectivity index (χ0n) is 11.9. The summed E-state index contributed by atoms with van der Waals surface area (Å²) in [5.41, 5.74) is 6.63. The van der Waals surface area contributed by atoms with Gasteiger partial charge in [0.15, 0.2) is 6.61 Å². The minimum Gasteiger partial charge on any atom is -0.484 e. The van der Waals surface area contributed by atoms with E-state index in [9.17, 15) is 4.79 Å². The van der Waals surface area contributed by atoms with E-state index >= 15 is 0 Å². The lowest BCUT2D eigenvalue weighted by Gasteiger charge is -2.03. The number of rotatable bonds is 5. The quantitative estimate of drug-likeness (QED) is 0.741. The van der Waals surface area contributed by atoms with Crippen molar-refractivity contribution >= 4 is 21.8 Å². The molecule has 0 aliphatic heterocycles. The normalized spacial score (nSPS) is 10.5. The third-order valence-corrected chi connectivity index (χ3v) is 3.72. The maximum absolute atomic E-state index is 10.7. The van der Waals surface area contributed by atoms with Gasteiger partial charge in [-0.1, -0.05) is 17.3 Å². The fourth-order valence-electron chi connectivity index (χ4n) is 1.94. The monoisotopic (exact) mass is 373 g/mol. The summed E-state index contributed by atoms with van der Waals surface area (Å²) in [5, 5.41) is 3.99. The van der Waals surface area contributed by atoms with Crippen molar-refractivity contribution in [2.45, 2.75) is 0 Å². The van der Waals surface area contributed by atoms with Crippen molar-refractivity contribution in [2.75, 3.05) is 6.61 Å². The Morgan fingerprint density at radius 1 is 1.17 bits per heavy atom. The van der Waals surface area contributed by atoms with Gasteiger partial charge in [-0.05, 0) is 52.3 Å². The predicted molar refractivity (Wildman–Crippen MR) is 87.6 cm³/mol. The maximum atomic E-state index is 10.7. The van der Waals surface area contributed by atoms with Gasteiger partial charge in [-0.2, -0.15) is 4.98 Å². The third kappa shape index (κ3) is 3.57. The molecular weight excluding hydrogens is 362 g/mol. The summed E-state index contributed by atoms with van der Waals surface area (Å²) < 4.78 is 11.4. The van der Waals surface area contributed by atoms with Crippen LogP contribution in [0.15, 0.2) is 57.5 Å². The Morgan fingerprint density at radius 2 is 1.91 bits per heavy atom. The largest absolute Gasteiger partial charge is 0.484 e. The SMILES string of the molecule is NC(=O)COc1ccc(-c2noc(-c3ccccc3Br)n2)cc1. The molecule has 0 spiro atoms. The van der Waals surface area contributed by atoms with E-state index in [-0.39, 0.29) is 6.61 Å². The van der Waals surface area contributed by atoms with E-state index in [1.165, 1.54) is 0 Å². The Hall–Kier alpha value is -2.67. The van der Waals surface area contributed by atoms with E-state index in [4.69, 9.17) is 15.0 Å². The van der Waals surface area contributed by atoms with Gasteiger partial charge in [-0.3, -0.25) is 4.79 Å². The van der Waals surface area contributed by atoms with Crippen molar-refractivity contribution in [2.24, 2.45) is 5.73 Å². The highest BCUT2D eigenvalue weighted by Crippen LogP contribution is 2.28. The summed E-state index contributed by atoms with van der Waals surface area (Å²) in [6.45, 7) is -0.159. The van der Waals surface area contributed by atoms with Crippen LogP contribution in [0.3, 0.4) is 0 Å². The zero-order valence-corrected chi connectivity index (χ0v) is 13.5. The number of benzene rings is 2. The van der Waals surface area contributed by atoms with Crippen LogP contribution in [0, 0.1) is 0 Å². The summed E-state index contributed by atoms with van der Waals surface area (Å²) in [7, 11) is 0. The average Bonchev–Trinajstić information content (AvgIpc) is 3.03. The summed E-state index contributed by atoms with van der Waals surface area (Å²) in [6.07, 6.45) is 0. The molecule has 2 N–H and O–H groups in total. The molecule has 2 aromatic carbocycles. The number of ether oxygens (including phenoxy) is 1. The molecule has 0 fully saturated rings. The van der Waals surface area contributed by atoms with E-state index in [1.54, 1.807) is 24.3 Å². The first-order valence-corrected chi connectivity index (χ1v) is 7.53. The zero-order chi connectivity index (χ0) is 16.2. The van der Waals surface area contributed by atoms with Gasteiger partial charge in [0, 0.05) is 10.0 Å². The van der Waals surface area contributed by atoms with Crippen molar-refractivity contribution in [3.8, 4) is 28.6 Å². The van der Waals surface area contributed by atoms with Crippen LogP contribution in [0.1, 0.15) is 0 Å². The lowest BCUT2D eigenvalue weighted by atomic mass is 10.2. The predicted octanol–water partition coefficient (Wildman–Crippen LogP) is 3.03. The van der Waals surface area contributed by atoms with Crippen LogP contribution in [0.25, 0.3) is 22.8 Å². The molecule has 0 saturated heterocycles. The molecule has 1 aromatic heterocycles. The van der Waals surface area contributed by atoms with Gasteiger partial charge in [0.1, 0.15) is 5.75 Å². The lowest BCUT2D eigenvalue weighted by molar-refractivity contribution is -0.119. The Labute approximate surface area is 140 Å². The van der Waals surface area contributed by atoms with Gasteiger partial charge in [0.05, 0.1) is 5.56 Å². The van der Waals surface area contributed by atoms with Crippen molar-refractivity contribution < 1.29 is 14.1 Å². The molecule has 0 bridgehead atoms. The summed E-state index contributed by atoms with van der Waals surface area (Å²) >= 11 is 3.45. The molecule has 0 saturated carbocycles. The van der Waals surface area contributed by atoms with Crippen LogP contribution in [0.5, 0.6) is 5.75 Å². The number of nitrogens with zero attached hydrogens (tertiary/aromatic N) is 2. The van der Waals surface area contributed by atoms with Crippen LogP contribution in [-0.2, 0) is 4.79 Å². The smallest absolute Gasteiger partial charge is 0.259 e. The molecule has 7 heteroatoms. The summed E-state index contributed by atoms with van der Waals surface area (Å²) in [4.78, 5) is 15.1. The highest BCUT2D eigenvalue weighted by Gasteiger charge is 2.12. The van der Waals surface area contributed by atoms with Crippen molar-refractivity contribution in [1.82, 2.24) is 10.1 Å². The van der Waals surface area contributed by atoms with Gasteiger partial charge in [0.25, 0.3) is 11.8 Å². The van der Waals surface area contributed by atoms with E-state index in [2.05, 4.69) is 26.1 Å². The van der Waals surface area contributed by atoms with Crippen LogP contribution in [0.4, 0.5) is 0 Å². The van der Waals surface area contributed by atoms with E-state index in [1.807, 2.05) is 24.3 Å². The summed E-state index contributed by atoms with van der Waals surface area (Å²) in [5.74, 6) is 0.922. The second-order valence-corrected chi connectivity index (χ2v) is 5.54. The molecule has 3 aromatic rings. The number of carbonyl (C=O) groups excluding carboxylic acids is 1. The second-order valence-electron chi connectivity index (χ2n) is 4.68. The minimum absolute atomic E-state index is 0.159. The number of halogens is 1. The van der Waals surface area contributed by atoms with Gasteiger partial charge >= 0.3 is 0 Å². The van der Waals surface area contributed by atoms with Gasteiger partial charge in [-0.25, -0.2) is 0 Å². The van der Waals surface area contributed by atoms with E-state index in [0.29, 0.717) is 17.5 Å². The molecule has 23 heavy (non-hydrogen) atoms. The van der Waals surface area contributed by atoms with Crippen LogP contribution in [-0.4, -0.2) is 22.7 Å². The number of primary amides is 1. The number of hydrogen-bond donors (Lipinski definition) is 1. The second kappa shape index (κ2) is 6.62. The topological polar surface area (TPSA) is 91.2 Å². The molecular formula is C16H12BrN3O3. The van der Waals surface area contributed by atoms with Gasteiger partial charge in [-0.15, -0.1) is 0 Å². The first-order valence-electron chi connectivity index (χ1n) is 6.73. The number of amides is 1. The molecule has 6 nitrogen and oxygen atoms in total. The van der Waals surface area contributed by atoms with Crippen LogP contribution in [0.2, 0.25) is 0 Å². The first-order chi connectivity index (χ1) is 11.1. The lowest BCUT2D eigenvalue weighted by Crippen LogP contribution is -2.19. The summed E-state index contributed by atoms with van der Waals surface area (Å²) in [6, 6.07) is 14.6. The van der Waals surface area contributed by atoms with Crippen molar-refractivity contribution in [3.63, 3.8) is 0 Å². The van der Waals surface area contributed by atoms with Gasteiger partial charge < -0.3 is 15.0 Å². The molecule has 3 rings (SSSR count). The van der Waals surface area contributed by atoms with Crippen LogP contribution >= 0.6 is 15.9 Å². The molecule has 0 unspecified atom stereocenters. The van der Waals surface area contributed by atoms with Gasteiger partial charge in [0.2, 0.25) is 5.82 Å². The third-order valence-electron chi connectivity index (χ3n) is 3.02. The van der Waals surface area contributed by atoms with Crippen LogP contribution < -0.4 is 10.5 Å². The Morgan fingerprint density at radius 3 is 2.61 bits per heavy atom. The number of carbonyl (C=O) groups is 1. The highest BCUT2D eigenvalue weighted by molar-refractivity contribution is 9.10. The van der Waals surface area contributed by atoms with E-state index in [0.717, 1.165) is 15.6 Å². The minimum atomic E-state index is -0.523. The molecule has 116 valence electrons. The number of nitrogens with two attached hydrogens (primary N) is 1. The molecule has 0 aliphatic rings. The highest BCUT2D eigenvalue weighted by atomic mass is 79.9. The molecule has 0 aliphatic carbocycles. The number of hydrogen-bond acceptors (Lipinski definition) is 5. The first kappa shape index (κ1) is 15.2. The fraction of sp³-hybridized carbons (Fsp3) is 0.0625.